The maximum absolute atomic E-state index is 6.04. The van der Waals surface area contributed by atoms with E-state index in [1.54, 1.807) is 6.20 Å². The molecular formula is C11H7BClNO. The van der Waals surface area contributed by atoms with Gasteiger partial charge in [0.25, 0.3) is 0 Å². The molecule has 0 saturated carbocycles. The molecule has 72 valence electrons. The summed E-state index contributed by atoms with van der Waals surface area (Å²) in [6.07, 6.45) is 1.63. The molecule has 0 fully saturated rings. The molecule has 2 heterocycles. The van der Waals surface area contributed by atoms with Crippen LogP contribution >= 0.6 is 11.6 Å². The van der Waals surface area contributed by atoms with Crippen molar-refractivity contribution in [2.75, 3.05) is 0 Å². The van der Waals surface area contributed by atoms with Crippen LogP contribution in [0.1, 0.15) is 0 Å². The Hall–Kier alpha value is -1.48. The van der Waals surface area contributed by atoms with E-state index in [1.807, 2.05) is 32.1 Å². The molecule has 0 radical (unpaired) electrons. The number of hydrogen-bond acceptors (Lipinski definition) is 2. The van der Waals surface area contributed by atoms with Crippen LogP contribution in [0.2, 0.25) is 5.02 Å². The minimum absolute atomic E-state index is 0.562. The summed E-state index contributed by atoms with van der Waals surface area (Å²) in [5.74, 6) is 0. The second-order valence-electron chi connectivity index (χ2n) is 3.49. The van der Waals surface area contributed by atoms with E-state index in [0.717, 1.165) is 27.5 Å². The summed E-state index contributed by atoms with van der Waals surface area (Å²) in [6.45, 7) is 0. The van der Waals surface area contributed by atoms with E-state index < -0.39 is 0 Å². The fourth-order valence-corrected chi connectivity index (χ4v) is 2.03. The second-order valence-corrected chi connectivity index (χ2v) is 3.90. The highest BCUT2D eigenvalue weighted by Crippen LogP contribution is 2.30. The van der Waals surface area contributed by atoms with E-state index in [4.69, 9.17) is 16.0 Å². The van der Waals surface area contributed by atoms with Crippen molar-refractivity contribution in [2.45, 2.75) is 0 Å². The van der Waals surface area contributed by atoms with Gasteiger partial charge in [0, 0.05) is 22.6 Å². The second kappa shape index (κ2) is 3.01. The van der Waals surface area contributed by atoms with Gasteiger partial charge in [-0.05, 0) is 6.07 Å². The topological polar surface area (TPSA) is 26.0 Å². The molecule has 0 unspecified atom stereocenters. The minimum atomic E-state index is 0.562. The zero-order valence-electron chi connectivity index (χ0n) is 8.12. The molecule has 0 bridgehead atoms. The summed E-state index contributed by atoms with van der Waals surface area (Å²) >= 11 is 6.04. The summed E-state index contributed by atoms with van der Waals surface area (Å²) in [7, 11) is 1.96. The molecule has 0 aliphatic heterocycles. The summed E-state index contributed by atoms with van der Waals surface area (Å²) in [6, 6.07) is 7.89. The summed E-state index contributed by atoms with van der Waals surface area (Å²) in [5, 5.41) is 2.64. The van der Waals surface area contributed by atoms with Gasteiger partial charge in [0.05, 0.1) is 0 Å². The van der Waals surface area contributed by atoms with Gasteiger partial charge in [0.15, 0.2) is 13.4 Å². The van der Waals surface area contributed by atoms with Crippen LogP contribution in [0.15, 0.2) is 34.9 Å². The van der Waals surface area contributed by atoms with Crippen molar-refractivity contribution in [3.63, 3.8) is 0 Å². The van der Waals surface area contributed by atoms with Crippen molar-refractivity contribution >= 4 is 47.0 Å². The Labute approximate surface area is 92.3 Å². The SMILES string of the molecule is Bc1ncc(Cl)c2oc3ccccc3c12. The number of pyridine rings is 1. The zero-order chi connectivity index (χ0) is 10.4. The van der Waals surface area contributed by atoms with Gasteiger partial charge in [-0.2, -0.15) is 0 Å². The van der Waals surface area contributed by atoms with E-state index >= 15 is 0 Å². The molecule has 0 spiro atoms. The molecule has 3 aromatic rings. The number of nitrogens with zero attached hydrogens (tertiary/aromatic N) is 1. The molecule has 4 heteroatoms. The predicted molar refractivity (Wildman–Crippen MR) is 64.7 cm³/mol. The summed E-state index contributed by atoms with van der Waals surface area (Å²) < 4.78 is 5.69. The lowest BCUT2D eigenvalue weighted by atomic mass is 9.98. The number of furan rings is 1. The zero-order valence-corrected chi connectivity index (χ0v) is 8.88. The number of halogens is 1. The van der Waals surface area contributed by atoms with Crippen LogP contribution in [0.5, 0.6) is 0 Å². The first kappa shape index (κ1) is 8.80. The third-order valence-electron chi connectivity index (χ3n) is 2.55. The van der Waals surface area contributed by atoms with Crippen molar-refractivity contribution in [1.29, 1.82) is 0 Å². The molecule has 15 heavy (non-hydrogen) atoms. The highest BCUT2D eigenvalue weighted by Gasteiger charge is 2.11. The maximum Gasteiger partial charge on any atom is 0.164 e. The molecular weight excluding hydrogens is 208 g/mol. The van der Waals surface area contributed by atoms with Gasteiger partial charge in [-0.3, -0.25) is 4.98 Å². The van der Waals surface area contributed by atoms with Crippen LogP contribution in [0.3, 0.4) is 0 Å². The Morgan fingerprint density at radius 3 is 2.93 bits per heavy atom. The van der Waals surface area contributed by atoms with Gasteiger partial charge in [0.2, 0.25) is 0 Å². The van der Waals surface area contributed by atoms with E-state index in [0.29, 0.717) is 5.02 Å². The van der Waals surface area contributed by atoms with Gasteiger partial charge in [-0.1, -0.05) is 29.8 Å². The monoisotopic (exact) mass is 215 g/mol. The smallest absolute Gasteiger partial charge is 0.164 e. The first-order valence-electron chi connectivity index (χ1n) is 4.70. The van der Waals surface area contributed by atoms with Crippen molar-refractivity contribution < 1.29 is 4.42 Å². The normalized spacial score (nSPS) is 11.3. The highest BCUT2D eigenvalue weighted by molar-refractivity contribution is 6.43. The Balaban J connectivity index is 2.66. The summed E-state index contributed by atoms with van der Waals surface area (Å²) in [4.78, 5) is 4.24. The molecule has 0 N–H and O–H groups in total. The lowest BCUT2D eigenvalue weighted by Crippen LogP contribution is -2.07. The van der Waals surface area contributed by atoms with Gasteiger partial charge >= 0.3 is 0 Å². The fourth-order valence-electron chi connectivity index (χ4n) is 1.85. The molecule has 0 atom stereocenters. The molecule has 0 saturated heterocycles. The average Bonchev–Trinajstić information content (AvgIpc) is 2.64. The largest absolute Gasteiger partial charge is 0.454 e. The van der Waals surface area contributed by atoms with Crippen LogP contribution in [0.25, 0.3) is 21.9 Å². The van der Waals surface area contributed by atoms with Crippen molar-refractivity contribution in [1.82, 2.24) is 4.98 Å². The third-order valence-corrected chi connectivity index (χ3v) is 2.81. The third kappa shape index (κ3) is 1.16. The minimum Gasteiger partial charge on any atom is -0.454 e. The van der Waals surface area contributed by atoms with Crippen LogP contribution in [0, 0.1) is 0 Å². The Morgan fingerprint density at radius 2 is 2.07 bits per heavy atom. The molecule has 0 aliphatic rings. The number of aromatic nitrogens is 1. The number of fused-ring (bicyclic) bond motifs is 3. The lowest BCUT2D eigenvalue weighted by molar-refractivity contribution is 0.669. The number of hydrogen-bond donors (Lipinski definition) is 0. The Kier molecular flexibility index (Phi) is 1.76. The van der Waals surface area contributed by atoms with Crippen LogP contribution in [0.4, 0.5) is 0 Å². The predicted octanol–water partition coefficient (Wildman–Crippen LogP) is 1.89. The van der Waals surface area contributed by atoms with Crippen LogP contribution in [-0.4, -0.2) is 12.8 Å². The summed E-state index contributed by atoms with van der Waals surface area (Å²) in [5.41, 5.74) is 2.52. The van der Waals surface area contributed by atoms with Gasteiger partial charge < -0.3 is 4.42 Å². The molecule has 1 aromatic carbocycles. The van der Waals surface area contributed by atoms with Crippen LogP contribution in [-0.2, 0) is 0 Å². The number of rotatable bonds is 0. The lowest BCUT2D eigenvalue weighted by Gasteiger charge is -1.95. The molecule has 0 aliphatic carbocycles. The Morgan fingerprint density at radius 1 is 1.27 bits per heavy atom. The average molecular weight is 215 g/mol. The quantitative estimate of drug-likeness (QED) is 0.535. The molecule has 3 rings (SSSR count). The molecule has 2 nitrogen and oxygen atoms in total. The Bertz CT molecular complexity index is 662. The first-order chi connectivity index (χ1) is 7.27. The number of para-hydroxylation sites is 1. The van der Waals surface area contributed by atoms with Gasteiger partial charge in [0.1, 0.15) is 10.6 Å². The van der Waals surface area contributed by atoms with Gasteiger partial charge in [-0.15, -0.1) is 0 Å². The fraction of sp³-hybridized carbons (Fsp3) is 0. The van der Waals surface area contributed by atoms with Gasteiger partial charge in [-0.25, -0.2) is 0 Å². The van der Waals surface area contributed by atoms with E-state index in [9.17, 15) is 0 Å². The highest BCUT2D eigenvalue weighted by atomic mass is 35.5. The molecule has 2 aromatic heterocycles. The number of benzene rings is 1. The van der Waals surface area contributed by atoms with Crippen LogP contribution < -0.4 is 5.59 Å². The first-order valence-corrected chi connectivity index (χ1v) is 5.07. The maximum atomic E-state index is 6.04. The van der Waals surface area contributed by atoms with Crippen molar-refractivity contribution in [3.05, 3.63) is 35.5 Å². The van der Waals surface area contributed by atoms with E-state index in [1.165, 1.54) is 0 Å². The van der Waals surface area contributed by atoms with Crippen molar-refractivity contribution in [3.8, 4) is 0 Å². The van der Waals surface area contributed by atoms with E-state index in [2.05, 4.69) is 4.98 Å². The van der Waals surface area contributed by atoms with E-state index in [-0.39, 0.29) is 0 Å². The van der Waals surface area contributed by atoms with Crippen molar-refractivity contribution in [2.24, 2.45) is 0 Å². The molecule has 0 amide bonds. The standard InChI is InChI=1S/C11H7BClNO/c12-11-9-6-3-1-2-4-8(6)15-10(9)7(13)5-14-11/h1-5H,12H2.